The first kappa shape index (κ1) is 17.5. The van der Waals surface area contributed by atoms with Crippen LogP contribution in [0.1, 0.15) is 36.5 Å². The topological polar surface area (TPSA) is 66.5 Å². The molecule has 1 fully saturated rings. The summed E-state index contributed by atoms with van der Waals surface area (Å²) in [7, 11) is -3.70. The van der Waals surface area contributed by atoms with Gasteiger partial charge in [-0.1, -0.05) is 24.3 Å². The first-order chi connectivity index (χ1) is 12.0. The van der Waals surface area contributed by atoms with Crippen LogP contribution in [0.4, 0.5) is 11.4 Å². The van der Waals surface area contributed by atoms with E-state index in [-0.39, 0.29) is 10.7 Å². The van der Waals surface area contributed by atoms with Crippen molar-refractivity contribution < 1.29 is 13.2 Å². The molecule has 25 heavy (non-hydrogen) atoms. The average Bonchev–Trinajstić information content (AvgIpc) is 2.63. The predicted octanol–water partition coefficient (Wildman–Crippen LogP) is 3.68. The SMILES string of the molecule is CC(=O)c1ccc(S(=O)(=O)Nc2ccccc2N2CCCCC2)cc1. The van der Waals surface area contributed by atoms with Gasteiger partial charge in [0.25, 0.3) is 10.0 Å². The van der Waals surface area contributed by atoms with Gasteiger partial charge in [0, 0.05) is 18.7 Å². The van der Waals surface area contributed by atoms with Crippen molar-refractivity contribution in [2.24, 2.45) is 0 Å². The quantitative estimate of drug-likeness (QED) is 0.828. The van der Waals surface area contributed by atoms with Crippen molar-refractivity contribution in [2.75, 3.05) is 22.7 Å². The van der Waals surface area contributed by atoms with E-state index in [9.17, 15) is 13.2 Å². The molecule has 1 aliphatic heterocycles. The van der Waals surface area contributed by atoms with Gasteiger partial charge in [-0.25, -0.2) is 8.42 Å². The van der Waals surface area contributed by atoms with Crippen molar-refractivity contribution in [3.05, 3.63) is 54.1 Å². The first-order valence-corrected chi connectivity index (χ1v) is 9.93. The van der Waals surface area contributed by atoms with Crippen LogP contribution >= 0.6 is 0 Å². The second kappa shape index (κ2) is 7.27. The van der Waals surface area contributed by atoms with Crippen molar-refractivity contribution >= 4 is 27.2 Å². The second-order valence-corrected chi connectivity index (χ2v) is 7.93. The largest absolute Gasteiger partial charge is 0.370 e. The second-order valence-electron chi connectivity index (χ2n) is 6.25. The van der Waals surface area contributed by atoms with Gasteiger partial charge < -0.3 is 4.90 Å². The zero-order valence-corrected chi connectivity index (χ0v) is 15.1. The Hall–Kier alpha value is -2.34. The van der Waals surface area contributed by atoms with Crippen molar-refractivity contribution in [1.82, 2.24) is 0 Å². The molecule has 0 aliphatic carbocycles. The number of hydrogen-bond donors (Lipinski definition) is 1. The molecule has 0 unspecified atom stereocenters. The molecule has 0 radical (unpaired) electrons. The Morgan fingerprint density at radius 3 is 2.24 bits per heavy atom. The summed E-state index contributed by atoms with van der Waals surface area (Å²) in [5, 5.41) is 0. The van der Waals surface area contributed by atoms with Gasteiger partial charge in [-0.2, -0.15) is 0 Å². The lowest BCUT2D eigenvalue weighted by molar-refractivity contribution is 0.101. The van der Waals surface area contributed by atoms with Crippen LogP contribution in [0.15, 0.2) is 53.4 Å². The minimum atomic E-state index is -3.70. The monoisotopic (exact) mass is 358 g/mol. The molecule has 0 atom stereocenters. The maximum atomic E-state index is 12.7. The third-order valence-electron chi connectivity index (χ3n) is 4.42. The number of para-hydroxylation sites is 2. The van der Waals surface area contributed by atoms with E-state index in [0.29, 0.717) is 11.3 Å². The van der Waals surface area contributed by atoms with Crippen LogP contribution < -0.4 is 9.62 Å². The van der Waals surface area contributed by atoms with Crippen molar-refractivity contribution in [1.29, 1.82) is 0 Å². The summed E-state index contributed by atoms with van der Waals surface area (Å²) < 4.78 is 28.1. The molecule has 1 saturated heterocycles. The fourth-order valence-corrected chi connectivity index (χ4v) is 4.12. The van der Waals surface area contributed by atoms with E-state index in [1.807, 2.05) is 18.2 Å². The molecule has 1 N–H and O–H groups in total. The van der Waals surface area contributed by atoms with Crippen LogP contribution in [-0.4, -0.2) is 27.3 Å². The standard InChI is InChI=1S/C19H22N2O3S/c1-15(22)16-9-11-17(12-10-16)25(23,24)20-18-7-3-4-8-19(18)21-13-5-2-6-14-21/h3-4,7-12,20H,2,5-6,13-14H2,1H3. The van der Waals surface area contributed by atoms with Crippen molar-refractivity contribution in [3.63, 3.8) is 0 Å². The Labute approximate surface area is 148 Å². The minimum absolute atomic E-state index is 0.0904. The molecule has 0 bridgehead atoms. The van der Waals surface area contributed by atoms with Gasteiger partial charge in [-0.3, -0.25) is 9.52 Å². The number of rotatable bonds is 5. The van der Waals surface area contributed by atoms with Crippen LogP contribution in [0.3, 0.4) is 0 Å². The van der Waals surface area contributed by atoms with Gasteiger partial charge >= 0.3 is 0 Å². The predicted molar refractivity (Wildman–Crippen MR) is 99.8 cm³/mol. The molecule has 1 aliphatic rings. The zero-order chi connectivity index (χ0) is 17.9. The van der Waals surface area contributed by atoms with Gasteiger partial charge in [-0.15, -0.1) is 0 Å². The number of benzene rings is 2. The van der Waals surface area contributed by atoms with Crippen LogP contribution in [0, 0.1) is 0 Å². The zero-order valence-electron chi connectivity index (χ0n) is 14.2. The molecule has 2 aromatic rings. The number of Topliss-reactive ketones (excluding diaryl/α,β-unsaturated/α-hetero) is 1. The number of hydrogen-bond acceptors (Lipinski definition) is 4. The summed E-state index contributed by atoms with van der Waals surface area (Å²) >= 11 is 0. The molecule has 1 heterocycles. The molecule has 0 spiro atoms. The lowest BCUT2D eigenvalue weighted by Crippen LogP contribution is -2.30. The molecule has 5 nitrogen and oxygen atoms in total. The third-order valence-corrected chi connectivity index (χ3v) is 5.80. The molecule has 0 saturated carbocycles. The highest BCUT2D eigenvalue weighted by molar-refractivity contribution is 7.92. The number of anilines is 2. The summed E-state index contributed by atoms with van der Waals surface area (Å²) in [4.78, 5) is 13.7. The van der Waals surface area contributed by atoms with Crippen molar-refractivity contribution in [2.45, 2.75) is 31.1 Å². The molecule has 3 rings (SSSR count). The van der Waals surface area contributed by atoms with E-state index in [1.165, 1.54) is 37.6 Å². The van der Waals surface area contributed by atoms with E-state index in [2.05, 4.69) is 9.62 Å². The number of ketones is 1. The first-order valence-electron chi connectivity index (χ1n) is 8.45. The molecular formula is C19H22N2O3S. The third kappa shape index (κ3) is 4.02. The normalized spacial score (nSPS) is 15.0. The lowest BCUT2D eigenvalue weighted by atomic mass is 10.1. The van der Waals surface area contributed by atoms with Crippen LogP contribution in [0.25, 0.3) is 0 Å². The lowest BCUT2D eigenvalue weighted by Gasteiger charge is -2.30. The smallest absolute Gasteiger partial charge is 0.261 e. The number of piperidine rings is 1. The average molecular weight is 358 g/mol. The summed E-state index contributed by atoms with van der Waals surface area (Å²) in [6, 6.07) is 13.5. The maximum Gasteiger partial charge on any atom is 0.261 e. The Kier molecular flexibility index (Phi) is 5.08. The Morgan fingerprint density at radius 2 is 1.60 bits per heavy atom. The summed E-state index contributed by atoms with van der Waals surface area (Å²) in [5.41, 5.74) is 1.99. The van der Waals surface area contributed by atoms with Crippen LogP contribution in [-0.2, 0) is 10.0 Å². The Morgan fingerprint density at radius 1 is 0.960 bits per heavy atom. The number of carbonyl (C=O) groups is 1. The van der Waals surface area contributed by atoms with Gasteiger partial charge in [0.05, 0.1) is 16.3 Å². The highest BCUT2D eigenvalue weighted by Crippen LogP contribution is 2.30. The number of carbonyl (C=O) groups excluding carboxylic acids is 1. The highest BCUT2D eigenvalue weighted by atomic mass is 32.2. The Balaban J connectivity index is 1.87. The molecule has 0 amide bonds. The van der Waals surface area contributed by atoms with E-state index in [4.69, 9.17) is 0 Å². The van der Waals surface area contributed by atoms with Crippen LogP contribution in [0.2, 0.25) is 0 Å². The fourth-order valence-electron chi connectivity index (χ4n) is 3.04. The van der Waals surface area contributed by atoms with Gasteiger partial charge in [-0.05, 0) is 50.5 Å². The summed E-state index contributed by atoms with van der Waals surface area (Å²) in [6.07, 6.45) is 3.45. The molecular weight excluding hydrogens is 336 g/mol. The number of nitrogens with one attached hydrogen (secondary N) is 1. The van der Waals surface area contributed by atoms with Gasteiger partial charge in [0.1, 0.15) is 0 Å². The molecule has 132 valence electrons. The van der Waals surface area contributed by atoms with Crippen LogP contribution in [0.5, 0.6) is 0 Å². The molecule has 6 heteroatoms. The maximum absolute atomic E-state index is 12.7. The summed E-state index contributed by atoms with van der Waals surface area (Å²) in [5.74, 6) is -0.0904. The highest BCUT2D eigenvalue weighted by Gasteiger charge is 2.19. The van der Waals surface area contributed by atoms with E-state index in [0.717, 1.165) is 31.6 Å². The molecule has 2 aromatic carbocycles. The van der Waals surface area contributed by atoms with E-state index in [1.54, 1.807) is 6.07 Å². The Bertz CT molecular complexity index is 854. The number of sulfonamides is 1. The molecule has 0 aromatic heterocycles. The van der Waals surface area contributed by atoms with Crippen molar-refractivity contribution in [3.8, 4) is 0 Å². The minimum Gasteiger partial charge on any atom is -0.370 e. The van der Waals surface area contributed by atoms with E-state index < -0.39 is 10.0 Å². The van der Waals surface area contributed by atoms with Gasteiger partial charge in [0.2, 0.25) is 0 Å². The van der Waals surface area contributed by atoms with E-state index >= 15 is 0 Å². The summed E-state index contributed by atoms with van der Waals surface area (Å²) in [6.45, 7) is 3.33. The number of nitrogens with zero attached hydrogens (tertiary/aromatic N) is 1. The van der Waals surface area contributed by atoms with Gasteiger partial charge in [0.15, 0.2) is 5.78 Å². The fraction of sp³-hybridized carbons (Fsp3) is 0.316.